The van der Waals surface area contributed by atoms with E-state index in [9.17, 15) is 23.2 Å². The number of nitrogens with zero attached hydrogens (tertiary/aromatic N) is 1. The molecule has 2 rings (SSSR count). The number of benzene rings is 1. The van der Waals surface area contributed by atoms with Crippen LogP contribution >= 0.6 is 0 Å². The van der Waals surface area contributed by atoms with Gasteiger partial charge in [-0.2, -0.15) is 0 Å². The SMILES string of the molecule is Cc1cc(F)c(N2C(=O)NC(=O)C2=O)cc1F. The van der Waals surface area contributed by atoms with Crippen molar-refractivity contribution >= 4 is 23.5 Å². The minimum Gasteiger partial charge on any atom is -0.269 e. The number of aryl methyl sites for hydroxylation is 1. The first kappa shape index (κ1) is 11.2. The first-order valence-electron chi connectivity index (χ1n) is 4.57. The van der Waals surface area contributed by atoms with Crippen LogP contribution in [0.4, 0.5) is 19.3 Å². The lowest BCUT2D eigenvalue weighted by atomic mass is 10.2. The number of hydrogen-bond donors (Lipinski definition) is 1. The predicted octanol–water partition coefficient (Wildman–Crippen LogP) is 0.856. The van der Waals surface area contributed by atoms with E-state index in [4.69, 9.17) is 0 Å². The minimum atomic E-state index is -1.24. The average molecular weight is 240 g/mol. The van der Waals surface area contributed by atoms with E-state index >= 15 is 0 Å². The molecule has 0 spiro atoms. The van der Waals surface area contributed by atoms with E-state index in [0.29, 0.717) is 6.07 Å². The van der Waals surface area contributed by atoms with E-state index in [-0.39, 0.29) is 10.5 Å². The maximum atomic E-state index is 13.5. The molecule has 1 N–H and O–H groups in total. The molecule has 0 radical (unpaired) electrons. The van der Waals surface area contributed by atoms with E-state index in [1.54, 1.807) is 5.32 Å². The van der Waals surface area contributed by atoms with Crippen LogP contribution in [0.1, 0.15) is 5.56 Å². The van der Waals surface area contributed by atoms with Crippen LogP contribution in [0.25, 0.3) is 0 Å². The van der Waals surface area contributed by atoms with Crippen LogP contribution in [0.3, 0.4) is 0 Å². The number of amides is 4. The second-order valence-corrected chi connectivity index (χ2v) is 3.45. The van der Waals surface area contributed by atoms with Crippen molar-refractivity contribution in [2.45, 2.75) is 6.92 Å². The van der Waals surface area contributed by atoms with Gasteiger partial charge in [-0.15, -0.1) is 0 Å². The molecule has 1 fully saturated rings. The van der Waals surface area contributed by atoms with E-state index in [0.717, 1.165) is 6.07 Å². The fraction of sp³-hybridized carbons (Fsp3) is 0.100. The zero-order chi connectivity index (χ0) is 12.7. The molecule has 0 saturated carbocycles. The van der Waals surface area contributed by atoms with E-state index in [1.165, 1.54) is 6.92 Å². The molecule has 4 amide bonds. The third-order valence-electron chi connectivity index (χ3n) is 2.29. The molecule has 0 aliphatic carbocycles. The summed E-state index contributed by atoms with van der Waals surface area (Å²) in [6.45, 7) is 1.33. The molecule has 1 heterocycles. The van der Waals surface area contributed by atoms with Crippen molar-refractivity contribution in [2.75, 3.05) is 4.90 Å². The maximum absolute atomic E-state index is 13.5. The normalized spacial score (nSPS) is 15.5. The van der Waals surface area contributed by atoms with Gasteiger partial charge in [0.05, 0.1) is 5.69 Å². The Bertz CT molecular complexity index is 557. The van der Waals surface area contributed by atoms with Gasteiger partial charge in [-0.3, -0.25) is 14.9 Å². The molecule has 0 atom stereocenters. The summed E-state index contributed by atoms with van der Waals surface area (Å²) in [7, 11) is 0. The molecule has 1 aliphatic heterocycles. The molecule has 1 saturated heterocycles. The van der Waals surface area contributed by atoms with Crippen molar-refractivity contribution < 1.29 is 23.2 Å². The Balaban J connectivity index is 2.55. The highest BCUT2D eigenvalue weighted by molar-refractivity contribution is 6.53. The Hall–Kier alpha value is -2.31. The lowest BCUT2D eigenvalue weighted by Crippen LogP contribution is -2.31. The van der Waals surface area contributed by atoms with E-state index in [2.05, 4.69) is 0 Å². The number of nitrogens with one attached hydrogen (secondary N) is 1. The Morgan fingerprint density at radius 1 is 1.12 bits per heavy atom. The molecule has 7 heteroatoms. The number of halogens is 2. The highest BCUT2D eigenvalue weighted by Crippen LogP contribution is 2.24. The minimum absolute atomic E-state index is 0.0321. The lowest BCUT2D eigenvalue weighted by Gasteiger charge is -2.13. The number of urea groups is 1. The first-order valence-corrected chi connectivity index (χ1v) is 4.57. The van der Waals surface area contributed by atoms with Crippen LogP contribution in [-0.4, -0.2) is 17.8 Å². The molecule has 1 aliphatic rings. The Morgan fingerprint density at radius 3 is 2.29 bits per heavy atom. The summed E-state index contributed by atoms with van der Waals surface area (Å²) in [4.78, 5) is 33.7. The van der Waals surface area contributed by atoms with Crippen LogP contribution in [-0.2, 0) is 9.59 Å². The quantitative estimate of drug-likeness (QED) is 0.584. The Morgan fingerprint density at radius 2 is 1.76 bits per heavy atom. The molecule has 17 heavy (non-hydrogen) atoms. The fourth-order valence-electron chi connectivity index (χ4n) is 1.43. The van der Waals surface area contributed by atoms with Gasteiger partial charge in [0.2, 0.25) is 0 Å². The van der Waals surface area contributed by atoms with Crippen LogP contribution < -0.4 is 10.2 Å². The maximum Gasteiger partial charge on any atom is 0.336 e. The highest BCUT2D eigenvalue weighted by Gasteiger charge is 2.39. The third-order valence-corrected chi connectivity index (χ3v) is 2.29. The molecule has 0 bridgehead atoms. The molecule has 5 nitrogen and oxygen atoms in total. The van der Waals surface area contributed by atoms with Crippen molar-refractivity contribution in [1.29, 1.82) is 0 Å². The molecular weight excluding hydrogens is 234 g/mol. The second-order valence-electron chi connectivity index (χ2n) is 3.45. The number of carbonyl (C=O) groups excluding carboxylic acids is 3. The van der Waals surface area contributed by atoms with Crippen molar-refractivity contribution in [1.82, 2.24) is 5.32 Å². The van der Waals surface area contributed by atoms with Crippen LogP contribution in [0, 0.1) is 18.6 Å². The highest BCUT2D eigenvalue weighted by atomic mass is 19.1. The van der Waals surface area contributed by atoms with Gasteiger partial charge in [-0.25, -0.2) is 18.5 Å². The zero-order valence-electron chi connectivity index (χ0n) is 8.58. The van der Waals surface area contributed by atoms with Gasteiger partial charge in [0.15, 0.2) is 0 Å². The number of hydrogen-bond acceptors (Lipinski definition) is 3. The smallest absolute Gasteiger partial charge is 0.269 e. The van der Waals surface area contributed by atoms with E-state index < -0.39 is 35.2 Å². The number of carbonyl (C=O) groups is 3. The monoisotopic (exact) mass is 240 g/mol. The zero-order valence-corrected chi connectivity index (χ0v) is 8.58. The van der Waals surface area contributed by atoms with Crippen LogP contribution in [0.15, 0.2) is 12.1 Å². The van der Waals surface area contributed by atoms with Crippen LogP contribution in [0.2, 0.25) is 0 Å². The Kier molecular flexibility index (Phi) is 2.38. The largest absolute Gasteiger partial charge is 0.336 e. The summed E-state index contributed by atoms with van der Waals surface area (Å²) in [5, 5.41) is 1.69. The second kappa shape index (κ2) is 3.62. The summed E-state index contributed by atoms with van der Waals surface area (Å²) < 4.78 is 26.7. The Labute approximate surface area is 94.0 Å². The third kappa shape index (κ3) is 1.65. The van der Waals surface area contributed by atoms with Gasteiger partial charge in [0.1, 0.15) is 11.6 Å². The van der Waals surface area contributed by atoms with Gasteiger partial charge >= 0.3 is 17.8 Å². The van der Waals surface area contributed by atoms with Gasteiger partial charge in [0, 0.05) is 6.07 Å². The number of anilines is 1. The summed E-state index contributed by atoms with van der Waals surface area (Å²) in [5.74, 6) is -4.14. The van der Waals surface area contributed by atoms with Crippen molar-refractivity contribution in [3.63, 3.8) is 0 Å². The molecule has 88 valence electrons. The molecular formula is C10H6F2N2O3. The van der Waals surface area contributed by atoms with Crippen molar-refractivity contribution in [3.05, 3.63) is 29.3 Å². The van der Waals surface area contributed by atoms with Gasteiger partial charge in [0.25, 0.3) is 0 Å². The fourth-order valence-corrected chi connectivity index (χ4v) is 1.43. The van der Waals surface area contributed by atoms with Gasteiger partial charge in [-0.05, 0) is 18.6 Å². The topological polar surface area (TPSA) is 66.5 Å². The standard InChI is InChI=1S/C10H6F2N2O3/c1-4-2-6(12)7(3-5(4)11)14-9(16)8(15)13-10(14)17/h2-3H,1H3,(H,13,15,17). The summed E-state index contributed by atoms with van der Waals surface area (Å²) in [6.07, 6.45) is 0. The first-order chi connectivity index (χ1) is 7.91. The molecule has 0 unspecified atom stereocenters. The molecule has 0 aromatic heterocycles. The number of imide groups is 2. The lowest BCUT2D eigenvalue weighted by molar-refractivity contribution is -0.134. The average Bonchev–Trinajstić information content (AvgIpc) is 2.48. The summed E-state index contributed by atoms with van der Waals surface area (Å²) in [6, 6.07) is 0.441. The molecule has 1 aromatic carbocycles. The summed E-state index contributed by atoms with van der Waals surface area (Å²) >= 11 is 0. The summed E-state index contributed by atoms with van der Waals surface area (Å²) in [5.41, 5.74) is -0.550. The van der Waals surface area contributed by atoms with Crippen molar-refractivity contribution in [3.8, 4) is 0 Å². The van der Waals surface area contributed by atoms with Crippen molar-refractivity contribution in [2.24, 2.45) is 0 Å². The van der Waals surface area contributed by atoms with Gasteiger partial charge < -0.3 is 0 Å². The van der Waals surface area contributed by atoms with Crippen LogP contribution in [0.5, 0.6) is 0 Å². The van der Waals surface area contributed by atoms with Gasteiger partial charge in [-0.1, -0.05) is 0 Å². The number of rotatable bonds is 1. The molecule has 1 aromatic rings. The predicted molar refractivity (Wildman–Crippen MR) is 52.1 cm³/mol. The van der Waals surface area contributed by atoms with E-state index in [1.807, 2.05) is 0 Å².